The number of nitrogens with zero attached hydrogens (tertiary/aromatic N) is 1. The lowest BCUT2D eigenvalue weighted by atomic mass is 9.89. The number of para-hydroxylation sites is 1. The summed E-state index contributed by atoms with van der Waals surface area (Å²) in [6.07, 6.45) is 7.93. The lowest BCUT2D eigenvalue weighted by Crippen LogP contribution is -1.97. The van der Waals surface area contributed by atoms with E-state index in [1.165, 1.54) is 85.3 Å². The van der Waals surface area contributed by atoms with Gasteiger partial charge in [0.1, 0.15) is 0 Å². The molecule has 212 valence electrons. The van der Waals surface area contributed by atoms with Crippen LogP contribution in [-0.2, 0) is 0 Å². The first-order valence-corrected chi connectivity index (χ1v) is 17.2. The highest BCUT2D eigenvalue weighted by atomic mass is 32.2. The van der Waals surface area contributed by atoms with Crippen molar-refractivity contribution in [1.82, 2.24) is 4.57 Å². The van der Waals surface area contributed by atoms with Crippen molar-refractivity contribution in [3.63, 3.8) is 0 Å². The summed E-state index contributed by atoms with van der Waals surface area (Å²) in [6.45, 7) is 0. The van der Waals surface area contributed by atoms with E-state index in [9.17, 15) is 0 Å². The molecule has 0 N–H and O–H groups in total. The van der Waals surface area contributed by atoms with Crippen LogP contribution in [0.4, 0.5) is 0 Å². The molecule has 1 atom stereocenters. The molecule has 1 aliphatic carbocycles. The largest absolute Gasteiger partial charge is 0.309 e. The van der Waals surface area contributed by atoms with Gasteiger partial charge in [-0.2, -0.15) is 0 Å². The summed E-state index contributed by atoms with van der Waals surface area (Å²) < 4.78 is 5.16. The van der Waals surface area contributed by atoms with Gasteiger partial charge in [0.2, 0.25) is 0 Å². The van der Waals surface area contributed by atoms with E-state index in [0.29, 0.717) is 5.92 Å². The molecule has 1 unspecified atom stereocenters. The van der Waals surface area contributed by atoms with Crippen molar-refractivity contribution < 1.29 is 0 Å². The van der Waals surface area contributed by atoms with Crippen molar-refractivity contribution in [2.75, 3.05) is 0 Å². The van der Waals surface area contributed by atoms with Gasteiger partial charge in [0.05, 0.1) is 16.7 Å². The third-order valence-electron chi connectivity index (χ3n) is 9.56. The summed E-state index contributed by atoms with van der Waals surface area (Å²) in [5, 5.41) is 5.25. The number of fused-ring (bicyclic) bond motifs is 9. The van der Waals surface area contributed by atoms with E-state index in [1.54, 1.807) is 0 Å². The summed E-state index contributed by atoms with van der Waals surface area (Å²) in [7, 11) is 0. The smallest absolute Gasteiger partial charge is 0.0555 e. The minimum Gasteiger partial charge on any atom is -0.309 e. The van der Waals surface area contributed by atoms with Crippen LogP contribution in [0.2, 0.25) is 0 Å². The fourth-order valence-electron chi connectivity index (χ4n) is 7.57. The molecule has 1 aliphatic heterocycles. The second kappa shape index (κ2) is 9.84. The van der Waals surface area contributed by atoms with Crippen LogP contribution in [-0.4, -0.2) is 4.57 Å². The molecule has 0 amide bonds. The second-order valence-electron chi connectivity index (χ2n) is 12.0. The lowest BCUT2D eigenvalue weighted by Gasteiger charge is -2.14. The van der Waals surface area contributed by atoms with E-state index >= 15 is 0 Å². The average Bonchev–Trinajstić information content (AvgIpc) is 3.78. The van der Waals surface area contributed by atoms with Crippen LogP contribution in [0.3, 0.4) is 0 Å². The zero-order chi connectivity index (χ0) is 29.5. The number of thioether (sulfide) groups is 1. The first-order valence-electron chi connectivity index (χ1n) is 15.5. The Morgan fingerprint density at radius 3 is 2.31 bits per heavy atom. The number of allylic oxidation sites excluding steroid dienone is 4. The Kier molecular flexibility index (Phi) is 5.57. The Labute approximate surface area is 269 Å². The summed E-state index contributed by atoms with van der Waals surface area (Å²) in [5.74, 6) is 0.486. The maximum absolute atomic E-state index is 2.51. The second-order valence-corrected chi connectivity index (χ2v) is 14.2. The van der Waals surface area contributed by atoms with Gasteiger partial charge in [-0.1, -0.05) is 127 Å². The van der Waals surface area contributed by atoms with Gasteiger partial charge < -0.3 is 4.57 Å². The number of aromatic nitrogens is 1. The van der Waals surface area contributed by atoms with E-state index in [2.05, 4.69) is 150 Å². The fraction of sp³-hybridized carbons (Fsp3) is 0.0476. The van der Waals surface area contributed by atoms with Crippen molar-refractivity contribution in [3.8, 4) is 27.9 Å². The van der Waals surface area contributed by atoms with Gasteiger partial charge in [0, 0.05) is 41.8 Å². The van der Waals surface area contributed by atoms with Gasteiger partial charge in [-0.25, -0.2) is 0 Å². The van der Waals surface area contributed by atoms with E-state index in [-0.39, 0.29) is 0 Å². The van der Waals surface area contributed by atoms with Gasteiger partial charge in [0.25, 0.3) is 0 Å². The first kappa shape index (κ1) is 25.5. The van der Waals surface area contributed by atoms with Gasteiger partial charge in [-0.05, 0) is 69.5 Å². The first-order chi connectivity index (χ1) is 22.3. The molecule has 0 bridgehead atoms. The van der Waals surface area contributed by atoms with Crippen molar-refractivity contribution in [2.24, 2.45) is 0 Å². The molecule has 2 aliphatic rings. The number of thiophene rings is 1. The molecule has 45 heavy (non-hydrogen) atoms. The quantitative estimate of drug-likeness (QED) is 0.193. The monoisotopic (exact) mass is 609 g/mol. The molecular formula is C42H27NS2. The minimum atomic E-state index is 0.486. The Balaban J connectivity index is 1.28. The highest BCUT2D eigenvalue weighted by Crippen LogP contribution is 2.56. The summed E-state index contributed by atoms with van der Waals surface area (Å²) >= 11 is 3.88. The molecule has 0 saturated carbocycles. The summed E-state index contributed by atoms with van der Waals surface area (Å²) in [6, 6.07) is 47.2. The number of rotatable bonds is 3. The Bertz CT molecular complexity index is 2540. The van der Waals surface area contributed by atoms with Crippen LogP contribution in [0, 0.1) is 0 Å². The van der Waals surface area contributed by atoms with E-state index < -0.39 is 0 Å². The Hall–Kier alpha value is -4.83. The van der Waals surface area contributed by atoms with Crippen LogP contribution < -0.4 is 0 Å². The van der Waals surface area contributed by atoms with Gasteiger partial charge in [0.15, 0.2) is 0 Å². The molecule has 2 aromatic heterocycles. The molecule has 0 radical (unpaired) electrons. The maximum Gasteiger partial charge on any atom is 0.0555 e. The van der Waals surface area contributed by atoms with Crippen LogP contribution in [0.15, 0.2) is 155 Å². The van der Waals surface area contributed by atoms with Crippen molar-refractivity contribution in [3.05, 3.63) is 156 Å². The number of hydrogen-bond donors (Lipinski definition) is 0. The van der Waals surface area contributed by atoms with Crippen molar-refractivity contribution in [1.29, 1.82) is 0 Å². The molecule has 3 heteroatoms. The highest BCUT2D eigenvalue weighted by molar-refractivity contribution is 8.03. The third kappa shape index (κ3) is 3.75. The summed E-state index contributed by atoms with van der Waals surface area (Å²) in [5.41, 5.74) is 10.3. The number of benzene rings is 6. The lowest BCUT2D eigenvalue weighted by molar-refractivity contribution is 0.838. The van der Waals surface area contributed by atoms with Crippen molar-refractivity contribution >= 4 is 65.1 Å². The molecular weight excluding hydrogens is 583 g/mol. The van der Waals surface area contributed by atoms with Crippen LogP contribution in [0.5, 0.6) is 0 Å². The van der Waals surface area contributed by atoms with Gasteiger partial charge in [-0.15, -0.1) is 11.3 Å². The van der Waals surface area contributed by atoms with Crippen molar-refractivity contribution in [2.45, 2.75) is 17.2 Å². The Morgan fingerprint density at radius 1 is 0.600 bits per heavy atom. The fourth-order valence-corrected chi connectivity index (χ4v) is 10.1. The van der Waals surface area contributed by atoms with Crippen LogP contribution in [0.25, 0.3) is 69.9 Å². The number of hydrogen-bond acceptors (Lipinski definition) is 2. The summed E-state index contributed by atoms with van der Waals surface area (Å²) in [4.78, 5) is 2.90. The molecule has 8 aromatic rings. The SMILES string of the molecule is C1=CCC2C(=C1)Sc1c(-c3cccc4sc5cccc(-n6c7ccccc7c7ccc(-c8ccccc8)cc76)c5c34)cccc12. The highest BCUT2D eigenvalue weighted by Gasteiger charge is 2.31. The topological polar surface area (TPSA) is 4.93 Å². The standard InChI is InChI=1S/C42H27NS2/c1-2-11-26(12-3-1)27-23-24-29-28-13-4-6-18-34(28)43(36(29)25-27)35-19-10-22-39-41(35)40-31(15-9-21-38(40)44-39)33-17-8-16-32-30-14-5-7-20-37(30)45-42(32)33/h1-13,15-25,30H,14H2. The van der Waals surface area contributed by atoms with Crippen LogP contribution in [0.1, 0.15) is 17.9 Å². The average molecular weight is 610 g/mol. The molecule has 6 aromatic carbocycles. The maximum atomic E-state index is 2.51. The minimum absolute atomic E-state index is 0.486. The predicted octanol–water partition coefficient (Wildman–Crippen LogP) is 12.5. The Morgan fingerprint density at radius 2 is 1.38 bits per heavy atom. The molecule has 1 nitrogen and oxygen atoms in total. The molecule has 0 fully saturated rings. The molecule has 3 heterocycles. The molecule has 10 rings (SSSR count). The van der Waals surface area contributed by atoms with Crippen LogP contribution >= 0.6 is 23.1 Å². The third-order valence-corrected chi connectivity index (χ3v) is 12.0. The zero-order valence-electron chi connectivity index (χ0n) is 24.4. The van der Waals surface area contributed by atoms with Gasteiger partial charge >= 0.3 is 0 Å². The predicted molar refractivity (Wildman–Crippen MR) is 195 cm³/mol. The van der Waals surface area contributed by atoms with E-state index in [1.807, 2.05) is 23.1 Å². The van der Waals surface area contributed by atoms with E-state index in [4.69, 9.17) is 0 Å². The molecule has 0 spiro atoms. The molecule has 0 saturated heterocycles. The van der Waals surface area contributed by atoms with Gasteiger partial charge in [-0.3, -0.25) is 0 Å². The normalized spacial score (nSPS) is 15.6. The zero-order valence-corrected chi connectivity index (χ0v) is 26.0. The van der Waals surface area contributed by atoms with E-state index in [0.717, 1.165) is 6.42 Å².